The van der Waals surface area contributed by atoms with Gasteiger partial charge in [0.15, 0.2) is 0 Å². The van der Waals surface area contributed by atoms with Crippen LogP contribution >= 0.6 is 0 Å². The van der Waals surface area contributed by atoms with Crippen molar-refractivity contribution in [1.29, 1.82) is 0 Å². The van der Waals surface area contributed by atoms with E-state index in [9.17, 15) is 13.2 Å². The standard InChI is InChI=1S/C13H20F3N3/c1-3-8-19(9-13(14,15)16)12(10(2)17)11-4-6-18-7-5-11/h4-7,10,12H,3,8-9,17H2,1-2H3. The van der Waals surface area contributed by atoms with E-state index in [0.717, 1.165) is 5.56 Å². The van der Waals surface area contributed by atoms with Crippen LogP contribution in [0.5, 0.6) is 0 Å². The van der Waals surface area contributed by atoms with Crippen LogP contribution in [0.25, 0.3) is 0 Å². The Balaban J connectivity index is 2.99. The molecule has 1 rings (SSSR count). The van der Waals surface area contributed by atoms with E-state index in [0.29, 0.717) is 13.0 Å². The van der Waals surface area contributed by atoms with E-state index in [2.05, 4.69) is 4.98 Å². The normalized spacial score (nSPS) is 15.5. The second-order valence-corrected chi connectivity index (χ2v) is 4.67. The van der Waals surface area contributed by atoms with Gasteiger partial charge in [0.25, 0.3) is 0 Å². The van der Waals surface area contributed by atoms with Gasteiger partial charge in [-0.25, -0.2) is 0 Å². The van der Waals surface area contributed by atoms with Gasteiger partial charge in [-0.1, -0.05) is 6.92 Å². The molecule has 2 unspecified atom stereocenters. The Kier molecular flexibility index (Phi) is 5.75. The predicted octanol–water partition coefficient (Wildman–Crippen LogP) is 2.74. The highest BCUT2D eigenvalue weighted by atomic mass is 19.4. The number of aromatic nitrogens is 1. The Morgan fingerprint density at radius 1 is 1.32 bits per heavy atom. The van der Waals surface area contributed by atoms with Crippen molar-refractivity contribution in [3.8, 4) is 0 Å². The summed E-state index contributed by atoms with van der Waals surface area (Å²) in [6.45, 7) is 2.99. The van der Waals surface area contributed by atoms with Gasteiger partial charge < -0.3 is 5.73 Å². The first-order chi connectivity index (χ1) is 8.85. The third-order valence-corrected chi connectivity index (χ3v) is 2.83. The van der Waals surface area contributed by atoms with Gasteiger partial charge in [0.05, 0.1) is 12.6 Å². The van der Waals surface area contributed by atoms with E-state index >= 15 is 0 Å². The molecule has 0 saturated heterocycles. The third-order valence-electron chi connectivity index (χ3n) is 2.83. The summed E-state index contributed by atoms with van der Waals surface area (Å²) < 4.78 is 38.0. The molecule has 0 saturated carbocycles. The Labute approximate surface area is 111 Å². The van der Waals surface area contributed by atoms with E-state index in [1.54, 1.807) is 31.5 Å². The summed E-state index contributed by atoms with van der Waals surface area (Å²) in [5.41, 5.74) is 6.66. The number of pyridine rings is 1. The zero-order chi connectivity index (χ0) is 14.5. The molecular weight excluding hydrogens is 255 g/mol. The van der Waals surface area contributed by atoms with Crippen LogP contribution in [0.1, 0.15) is 31.9 Å². The fraction of sp³-hybridized carbons (Fsp3) is 0.615. The molecule has 0 aliphatic carbocycles. The average Bonchev–Trinajstić information content (AvgIpc) is 2.28. The van der Waals surface area contributed by atoms with Gasteiger partial charge in [0, 0.05) is 18.4 Å². The highest BCUT2D eigenvalue weighted by molar-refractivity contribution is 5.17. The van der Waals surface area contributed by atoms with Crippen LogP contribution < -0.4 is 5.73 Å². The van der Waals surface area contributed by atoms with Gasteiger partial charge in [-0.15, -0.1) is 0 Å². The topological polar surface area (TPSA) is 42.2 Å². The molecule has 0 amide bonds. The van der Waals surface area contributed by atoms with Crippen molar-refractivity contribution in [3.63, 3.8) is 0 Å². The monoisotopic (exact) mass is 275 g/mol. The highest BCUT2D eigenvalue weighted by Crippen LogP contribution is 2.27. The van der Waals surface area contributed by atoms with Crippen LogP contribution in [0.3, 0.4) is 0 Å². The van der Waals surface area contributed by atoms with Crippen molar-refractivity contribution in [1.82, 2.24) is 9.88 Å². The van der Waals surface area contributed by atoms with Crippen LogP contribution in [-0.4, -0.2) is 35.2 Å². The van der Waals surface area contributed by atoms with Crippen LogP contribution in [-0.2, 0) is 0 Å². The maximum Gasteiger partial charge on any atom is 0.401 e. The Bertz CT molecular complexity index is 365. The number of halogens is 3. The van der Waals surface area contributed by atoms with Gasteiger partial charge in [0.2, 0.25) is 0 Å². The lowest BCUT2D eigenvalue weighted by Crippen LogP contribution is -2.44. The van der Waals surface area contributed by atoms with Crippen molar-refractivity contribution in [2.45, 2.75) is 38.5 Å². The van der Waals surface area contributed by atoms with Crippen LogP contribution in [0, 0.1) is 0 Å². The number of hydrogen-bond acceptors (Lipinski definition) is 3. The third kappa shape index (κ3) is 5.16. The highest BCUT2D eigenvalue weighted by Gasteiger charge is 2.35. The molecule has 19 heavy (non-hydrogen) atoms. The largest absolute Gasteiger partial charge is 0.401 e. The molecule has 1 aromatic rings. The van der Waals surface area contributed by atoms with Crippen molar-refractivity contribution < 1.29 is 13.2 Å². The SMILES string of the molecule is CCCN(CC(F)(F)F)C(c1ccncc1)C(C)N. The lowest BCUT2D eigenvalue weighted by atomic mass is 10.00. The molecule has 6 heteroatoms. The molecule has 108 valence electrons. The molecule has 2 N–H and O–H groups in total. The van der Waals surface area contributed by atoms with Gasteiger partial charge in [-0.05, 0) is 37.6 Å². The average molecular weight is 275 g/mol. The van der Waals surface area contributed by atoms with E-state index in [-0.39, 0.29) is 0 Å². The predicted molar refractivity (Wildman–Crippen MR) is 68.5 cm³/mol. The number of nitrogens with zero attached hydrogens (tertiary/aromatic N) is 2. The van der Waals surface area contributed by atoms with Gasteiger partial charge in [0.1, 0.15) is 0 Å². The van der Waals surface area contributed by atoms with E-state index < -0.39 is 24.8 Å². The summed E-state index contributed by atoms with van der Waals surface area (Å²) in [6, 6.07) is 2.58. The molecule has 2 atom stereocenters. The molecule has 0 spiro atoms. The summed E-state index contributed by atoms with van der Waals surface area (Å²) in [6.07, 6.45) is -0.440. The molecule has 0 fully saturated rings. The van der Waals surface area contributed by atoms with Gasteiger partial charge in [-0.3, -0.25) is 9.88 Å². The minimum Gasteiger partial charge on any atom is -0.326 e. The second-order valence-electron chi connectivity index (χ2n) is 4.67. The van der Waals surface area contributed by atoms with Gasteiger partial charge in [-0.2, -0.15) is 13.2 Å². The van der Waals surface area contributed by atoms with Crippen molar-refractivity contribution in [3.05, 3.63) is 30.1 Å². The summed E-state index contributed by atoms with van der Waals surface area (Å²) in [5.74, 6) is 0. The zero-order valence-corrected chi connectivity index (χ0v) is 11.2. The first-order valence-corrected chi connectivity index (χ1v) is 6.31. The van der Waals surface area contributed by atoms with Crippen molar-refractivity contribution in [2.24, 2.45) is 5.73 Å². The molecule has 0 aliphatic heterocycles. The lowest BCUT2D eigenvalue weighted by Gasteiger charge is -2.34. The van der Waals surface area contributed by atoms with E-state index in [1.807, 2.05) is 6.92 Å². The molecule has 3 nitrogen and oxygen atoms in total. The molecule has 0 bridgehead atoms. The van der Waals surface area contributed by atoms with E-state index in [4.69, 9.17) is 5.73 Å². The maximum atomic E-state index is 12.7. The van der Waals surface area contributed by atoms with Crippen LogP contribution in [0.15, 0.2) is 24.5 Å². The fourth-order valence-corrected chi connectivity index (χ4v) is 2.24. The Hall–Kier alpha value is -1.14. The Morgan fingerprint density at radius 3 is 2.32 bits per heavy atom. The summed E-state index contributed by atoms with van der Waals surface area (Å²) in [7, 11) is 0. The minimum absolute atomic E-state index is 0.355. The minimum atomic E-state index is -4.23. The second kappa shape index (κ2) is 6.86. The number of alkyl halides is 3. The number of hydrogen-bond donors (Lipinski definition) is 1. The van der Waals surface area contributed by atoms with E-state index in [1.165, 1.54) is 4.90 Å². The first kappa shape index (κ1) is 15.9. The van der Waals surface area contributed by atoms with Gasteiger partial charge >= 0.3 is 6.18 Å². The smallest absolute Gasteiger partial charge is 0.326 e. The summed E-state index contributed by atoms with van der Waals surface area (Å²) >= 11 is 0. The molecule has 1 aromatic heterocycles. The van der Waals surface area contributed by atoms with Crippen LogP contribution in [0.4, 0.5) is 13.2 Å². The first-order valence-electron chi connectivity index (χ1n) is 6.31. The zero-order valence-electron chi connectivity index (χ0n) is 11.2. The molecular formula is C13H20F3N3. The molecule has 0 radical (unpaired) electrons. The van der Waals surface area contributed by atoms with Crippen molar-refractivity contribution in [2.75, 3.05) is 13.1 Å². The number of rotatable bonds is 6. The van der Waals surface area contributed by atoms with Crippen molar-refractivity contribution >= 4 is 0 Å². The molecule has 0 aromatic carbocycles. The van der Waals surface area contributed by atoms with Crippen LogP contribution in [0.2, 0.25) is 0 Å². The quantitative estimate of drug-likeness (QED) is 0.868. The Morgan fingerprint density at radius 2 is 1.89 bits per heavy atom. The summed E-state index contributed by atoms with van der Waals surface area (Å²) in [5, 5.41) is 0. The summed E-state index contributed by atoms with van der Waals surface area (Å²) in [4.78, 5) is 5.27. The maximum absolute atomic E-state index is 12.7. The molecule has 1 heterocycles. The lowest BCUT2D eigenvalue weighted by molar-refractivity contribution is -0.152. The molecule has 0 aliphatic rings. The fourth-order valence-electron chi connectivity index (χ4n) is 2.24. The number of nitrogens with two attached hydrogens (primary N) is 1.